The second-order valence-corrected chi connectivity index (χ2v) is 7.19. The molecule has 6 nitrogen and oxygen atoms in total. The van der Waals surface area contributed by atoms with E-state index < -0.39 is 0 Å². The molecule has 140 valence electrons. The number of carbonyl (C=O) groups is 1. The molecule has 3 fully saturated rings. The zero-order valence-corrected chi connectivity index (χ0v) is 16.0. The molecule has 2 unspecified atom stereocenters. The Kier molecular flexibility index (Phi) is 6.88. The second-order valence-electron chi connectivity index (χ2n) is 7.19. The van der Waals surface area contributed by atoms with E-state index in [4.69, 9.17) is 0 Å². The lowest BCUT2D eigenvalue weighted by atomic mass is 9.92. The van der Waals surface area contributed by atoms with Crippen LogP contribution >= 0.6 is 24.8 Å². The average molecular weight is 388 g/mol. The van der Waals surface area contributed by atoms with E-state index in [9.17, 15) is 4.79 Å². The van der Waals surface area contributed by atoms with Gasteiger partial charge in [-0.05, 0) is 62.7 Å². The zero-order chi connectivity index (χ0) is 15.7. The Morgan fingerprint density at radius 3 is 2.88 bits per heavy atom. The van der Waals surface area contributed by atoms with Crippen LogP contribution in [0.1, 0.15) is 32.1 Å². The standard InChI is InChI=1S/C17H25N5O.2ClH/c23-16(14-11-17(14)5-8-18-9-6-17)19-12-13-3-2-10-22(13)15-4-1-7-20-21-15;;/h1,4,7,13-14,18H,2-3,5-6,8-12H2,(H,19,23);2*1H. The molecule has 2 atom stereocenters. The summed E-state index contributed by atoms with van der Waals surface area (Å²) in [4.78, 5) is 14.8. The van der Waals surface area contributed by atoms with Crippen LogP contribution in [0.15, 0.2) is 18.3 Å². The SMILES string of the molecule is Cl.Cl.O=C(NCC1CCCN1c1cccnn1)C1CC12CCNCC2. The van der Waals surface area contributed by atoms with E-state index in [2.05, 4.69) is 25.7 Å². The number of piperidine rings is 1. The molecular formula is C17H27Cl2N5O. The third-order valence-electron chi connectivity index (χ3n) is 5.85. The maximum atomic E-state index is 12.5. The summed E-state index contributed by atoms with van der Waals surface area (Å²) < 4.78 is 0. The monoisotopic (exact) mass is 387 g/mol. The number of nitrogens with one attached hydrogen (secondary N) is 2. The molecule has 1 aliphatic carbocycles. The van der Waals surface area contributed by atoms with Crippen LogP contribution in [0.5, 0.6) is 0 Å². The minimum absolute atomic E-state index is 0. The fourth-order valence-corrected chi connectivity index (χ4v) is 4.33. The predicted octanol–water partition coefficient (Wildman–Crippen LogP) is 1.79. The summed E-state index contributed by atoms with van der Waals surface area (Å²) in [6.07, 6.45) is 7.34. The van der Waals surface area contributed by atoms with Gasteiger partial charge in [-0.15, -0.1) is 29.9 Å². The predicted molar refractivity (Wildman–Crippen MR) is 103 cm³/mol. The molecule has 1 spiro atoms. The molecule has 0 bridgehead atoms. The molecule has 1 amide bonds. The summed E-state index contributed by atoms with van der Waals surface area (Å²) in [6, 6.07) is 4.26. The quantitative estimate of drug-likeness (QED) is 0.823. The highest BCUT2D eigenvalue weighted by molar-refractivity contribution is 5.85. The van der Waals surface area contributed by atoms with E-state index in [-0.39, 0.29) is 36.6 Å². The van der Waals surface area contributed by atoms with Gasteiger partial charge in [0.1, 0.15) is 0 Å². The minimum Gasteiger partial charge on any atom is -0.354 e. The van der Waals surface area contributed by atoms with Gasteiger partial charge < -0.3 is 15.5 Å². The van der Waals surface area contributed by atoms with E-state index in [1.165, 1.54) is 0 Å². The van der Waals surface area contributed by atoms with Gasteiger partial charge in [0.2, 0.25) is 5.91 Å². The highest BCUT2D eigenvalue weighted by Gasteiger charge is 2.57. The van der Waals surface area contributed by atoms with Crippen molar-refractivity contribution in [2.24, 2.45) is 11.3 Å². The molecule has 0 radical (unpaired) electrons. The molecule has 3 aliphatic rings. The normalized spacial score (nSPS) is 26.5. The summed E-state index contributed by atoms with van der Waals surface area (Å²) in [5, 5.41) is 14.8. The number of amides is 1. The maximum absolute atomic E-state index is 12.5. The second kappa shape index (κ2) is 8.52. The first kappa shape index (κ1) is 20.2. The average Bonchev–Trinajstić information content (AvgIpc) is 3.08. The van der Waals surface area contributed by atoms with Crippen molar-refractivity contribution in [3.05, 3.63) is 18.3 Å². The van der Waals surface area contributed by atoms with Gasteiger partial charge in [-0.3, -0.25) is 4.79 Å². The molecule has 3 heterocycles. The van der Waals surface area contributed by atoms with Crippen molar-refractivity contribution in [2.75, 3.05) is 31.1 Å². The Hall–Kier alpha value is -1.11. The van der Waals surface area contributed by atoms with Crippen molar-refractivity contribution in [1.82, 2.24) is 20.8 Å². The van der Waals surface area contributed by atoms with Crippen LogP contribution in [0.2, 0.25) is 0 Å². The van der Waals surface area contributed by atoms with Crippen LogP contribution < -0.4 is 15.5 Å². The largest absolute Gasteiger partial charge is 0.354 e. The maximum Gasteiger partial charge on any atom is 0.223 e. The Morgan fingerprint density at radius 2 is 2.16 bits per heavy atom. The molecule has 1 aromatic rings. The summed E-state index contributed by atoms with van der Waals surface area (Å²) in [5.74, 6) is 1.43. The number of hydrogen-bond donors (Lipinski definition) is 2. The number of carbonyl (C=O) groups excluding carboxylic acids is 1. The molecule has 2 aliphatic heterocycles. The van der Waals surface area contributed by atoms with Crippen LogP contribution in [0.4, 0.5) is 5.82 Å². The molecule has 0 aromatic carbocycles. The molecule has 2 saturated heterocycles. The van der Waals surface area contributed by atoms with Crippen LogP contribution in [0, 0.1) is 11.3 Å². The third-order valence-corrected chi connectivity index (χ3v) is 5.85. The lowest BCUT2D eigenvalue weighted by molar-refractivity contribution is -0.123. The Morgan fingerprint density at radius 1 is 1.36 bits per heavy atom. The van der Waals surface area contributed by atoms with Gasteiger partial charge in [0.25, 0.3) is 0 Å². The van der Waals surface area contributed by atoms with E-state index in [1.807, 2.05) is 12.1 Å². The Labute approximate surface area is 161 Å². The first-order valence-electron chi connectivity index (χ1n) is 8.81. The van der Waals surface area contributed by atoms with E-state index in [0.29, 0.717) is 11.5 Å². The lowest BCUT2D eigenvalue weighted by Gasteiger charge is -2.26. The molecular weight excluding hydrogens is 361 g/mol. The number of aromatic nitrogens is 2. The molecule has 4 rings (SSSR count). The summed E-state index contributed by atoms with van der Waals surface area (Å²) in [5.41, 5.74) is 0.315. The van der Waals surface area contributed by atoms with E-state index in [0.717, 1.165) is 64.1 Å². The van der Waals surface area contributed by atoms with E-state index in [1.54, 1.807) is 6.20 Å². The minimum atomic E-state index is 0. The fraction of sp³-hybridized carbons (Fsp3) is 0.706. The van der Waals surface area contributed by atoms with Crippen molar-refractivity contribution < 1.29 is 4.79 Å². The summed E-state index contributed by atoms with van der Waals surface area (Å²) >= 11 is 0. The van der Waals surface area contributed by atoms with Crippen molar-refractivity contribution in [2.45, 2.75) is 38.1 Å². The number of halogens is 2. The number of hydrogen-bond acceptors (Lipinski definition) is 5. The Bertz CT molecular complexity index is 567. The van der Waals surface area contributed by atoms with Crippen molar-refractivity contribution in [3.8, 4) is 0 Å². The van der Waals surface area contributed by atoms with Crippen molar-refractivity contribution in [1.29, 1.82) is 0 Å². The number of nitrogens with zero attached hydrogens (tertiary/aromatic N) is 3. The van der Waals surface area contributed by atoms with Crippen LogP contribution in [-0.4, -0.2) is 48.3 Å². The molecule has 25 heavy (non-hydrogen) atoms. The van der Waals surface area contributed by atoms with Crippen molar-refractivity contribution in [3.63, 3.8) is 0 Å². The summed E-state index contributed by atoms with van der Waals surface area (Å²) in [7, 11) is 0. The highest BCUT2D eigenvalue weighted by Crippen LogP contribution is 2.58. The first-order valence-corrected chi connectivity index (χ1v) is 8.81. The zero-order valence-electron chi connectivity index (χ0n) is 14.3. The van der Waals surface area contributed by atoms with Gasteiger partial charge in [-0.25, -0.2) is 0 Å². The highest BCUT2D eigenvalue weighted by atomic mass is 35.5. The molecule has 8 heteroatoms. The number of rotatable bonds is 4. The van der Waals surface area contributed by atoms with E-state index >= 15 is 0 Å². The smallest absolute Gasteiger partial charge is 0.223 e. The van der Waals surface area contributed by atoms with Crippen LogP contribution in [0.3, 0.4) is 0 Å². The number of anilines is 1. The van der Waals surface area contributed by atoms with Gasteiger partial charge in [0.05, 0.1) is 0 Å². The van der Waals surface area contributed by atoms with Gasteiger partial charge in [-0.2, -0.15) is 5.10 Å². The van der Waals surface area contributed by atoms with Crippen molar-refractivity contribution >= 4 is 36.5 Å². The lowest BCUT2D eigenvalue weighted by Crippen LogP contribution is -2.42. The van der Waals surface area contributed by atoms with Gasteiger partial charge >= 0.3 is 0 Å². The molecule has 2 N–H and O–H groups in total. The summed E-state index contributed by atoms with van der Waals surface area (Å²) in [6.45, 7) is 3.85. The van der Waals surface area contributed by atoms with Gasteiger partial charge in [0, 0.05) is 31.2 Å². The third kappa shape index (κ3) is 4.18. The topological polar surface area (TPSA) is 70.2 Å². The van der Waals surface area contributed by atoms with Gasteiger partial charge in [0.15, 0.2) is 5.82 Å². The molecule has 1 aromatic heterocycles. The Balaban J connectivity index is 0.00000113. The molecule has 1 saturated carbocycles. The van der Waals surface area contributed by atoms with Gasteiger partial charge in [-0.1, -0.05) is 0 Å². The van der Waals surface area contributed by atoms with Crippen LogP contribution in [0.25, 0.3) is 0 Å². The van der Waals surface area contributed by atoms with Crippen LogP contribution in [-0.2, 0) is 4.79 Å². The first-order chi connectivity index (χ1) is 11.3. The fourth-order valence-electron chi connectivity index (χ4n) is 4.33.